The smallest absolute Gasteiger partial charge is 0.416 e. The Morgan fingerprint density at radius 3 is 1.96 bits per heavy atom. The third-order valence-electron chi connectivity index (χ3n) is 3.11. The van der Waals surface area contributed by atoms with E-state index in [4.69, 9.17) is 15.6 Å². The highest BCUT2D eigenvalue weighted by Gasteiger charge is 2.30. The first-order valence-electron chi connectivity index (χ1n) is 6.68. The molecule has 0 aliphatic rings. The molecule has 0 unspecified atom stereocenters. The normalized spacial score (nSPS) is 12.7. The van der Waals surface area contributed by atoms with Crippen molar-refractivity contribution in [1.82, 2.24) is 0 Å². The van der Waals surface area contributed by atoms with E-state index in [0.717, 1.165) is 17.7 Å². The van der Waals surface area contributed by atoms with Crippen LogP contribution in [0, 0.1) is 0 Å². The molecule has 0 bridgehead atoms. The molecule has 0 heterocycles. The minimum atomic E-state index is -4.39. The molecule has 0 fully saturated rings. The van der Waals surface area contributed by atoms with Gasteiger partial charge in [-0.15, -0.1) is 0 Å². The first-order valence-corrected chi connectivity index (χ1v) is 6.68. The van der Waals surface area contributed by atoms with Crippen LogP contribution in [0.2, 0.25) is 0 Å². The predicted molar refractivity (Wildman–Crippen MR) is 77.3 cm³/mol. The van der Waals surface area contributed by atoms with Crippen molar-refractivity contribution in [3.8, 4) is 11.5 Å². The van der Waals surface area contributed by atoms with Crippen molar-refractivity contribution >= 4 is 5.97 Å². The standard InChI is InChI=1S/C16H14F3NO3/c17-16(18,19)11-3-7-13(8-4-11)23-12-5-1-10(2-6-12)9-14(20)15(21)22/h1-8,14H,9,20H2,(H,21,22)/t14-/m0/s1. The zero-order valence-electron chi connectivity index (χ0n) is 11.9. The number of carboxylic acid groups (broad SMARTS) is 1. The molecule has 0 spiro atoms. The zero-order valence-corrected chi connectivity index (χ0v) is 11.9. The molecular weight excluding hydrogens is 311 g/mol. The second-order valence-electron chi connectivity index (χ2n) is 4.92. The summed E-state index contributed by atoms with van der Waals surface area (Å²) in [5.74, 6) is -0.388. The number of alkyl halides is 3. The minimum absolute atomic E-state index is 0.176. The Balaban J connectivity index is 2.02. The summed E-state index contributed by atoms with van der Waals surface area (Å²) in [5, 5.41) is 8.74. The van der Waals surface area contributed by atoms with Crippen LogP contribution in [0.4, 0.5) is 13.2 Å². The lowest BCUT2D eigenvalue weighted by molar-refractivity contribution is -0.139. The van der Waals surface area contributed by atoms with Crippen molar-refractivity contribution < 1.29 is 27.8 Å². The Morgan fingerprint density at radius 1 is 1.04 bits per heavy atom. The largest absolute Gasteiger partial charge is 0.480 e. The summed E-state index contributed by atoms with van der Waals surface area (Å²) in [6.07, 6.45) is -4.21. The van der Waals surface area contributed by atoms with Crippen molar-refractivity contribution in [2.24, 2.45) is 5.73 Å². The number of benzene rings is 2. The van der Waals surface area contributed by atoms with Gasteiger partial charge in [-0.1, -0.05) is 12.1 Å². The predicted octanol–water partition coefficient (Wildman–Crippen LogP) is 3.45. The number of hydrogen-bond donors (Lipinski definition) is 2. The highest BCUT2D eigenvalue weighted by atomic mass is 19.4. The quantitative estimate of drug-likeness (QED) is 0.883. The SMILES string of the molecule is N[C@@H](Cc1ccc(Oc2ccc(C(F)(F)F)cc2)cc1)C(=O)O. The zero-order chi connectivity index (χ0) is 17.0. The molecule has 23 heavy (non-hydrogen) atoms. The average molecular weight is 325 g/mol. The van der Waals surface area contributed by atoms with E-state index >= 15 is 0 Å². The average Bonchev–Trinajstić information content (AvgIpc) is 2.49. The fourth-order valence-corrected chi connectivity index (χ4v) is 1.88. The van der Waals surface area contributed by atoms with Gasteiger partial charge in [-0.25, -0.2) is 0 Å². The fourth-order valence-electron chi connectivity index (χ4n) is 1.88. The molecule has 3 N–H and O–H groups in total. The Kier molecular flexibility index (Phi) is 4.90. The number of carboxylic acids is 1. The highest BCUT2D eigenvalue weighted by molar-refractivity contribution is 5.73. The van der Waals surface area contributed by atoms with Crippen LogP contribution in [-0.4, -0.2) is 17.1 Å². The van der Waals surface area contributed by atoms with Gasteiger partial charge in [-0.2, -0.15) is 13.2 Å². The molecule has 122 valence electrons. The molecule has 0 amide bonds. The van der Waals surface area contributed by atoms with E-state index in [1.54, 1.807) is 24.3 Å². The van der Waals surface area contributed by atoms with Gasteiger partial charge in [-0.3, -0.25) is 4.79 Å². The highest BCUT2D eigenvalue weighted by Crippen LogP contribution is 2.31. The summed E-state index contributed by atoms with van der Waals surface area (Å²) in [6, 6.07) is 9.86. The Hall–Kier alpha value is -2.54. The van der Waals surface area contributed by atoms with Crippen molar-refractivity contribution in [2.45, 2.75) is 18.6 Å². The van der Waals surface area contributed by atoms with Gasteiger partial charge < -0.3 is 15.6 Å². The topological polar surface area (TPSA) is 72.5 Å². The van der Waals surface area contributed by atoms with E-state index < -0.39 is 23.8 Å². The number of halogens is 3. The number of aliphatic carboxylic acids is 1. The molecule has 7 heteroatoms. The van der Waals surface area contributed by atoms with Crippen molar-refractivity contribution in [2.75, 3.05) is 0 Å². The Labute approximate surface area is 130 Å². The van der Waals surface area contributed by atoms with E-state index in [0.29, 0.717) is 5.75 Å². The molecule has 1 atom stereocenters. The number of hydrogen-bond acceptors (Lipinski definition) is 3. The van der Waals surface area contributed by atoms with Gasteiger partial charge in [-0.05, 0) is 48.4 Å². The molecular formula is C16H14F3NO3. The molecule has 2 aromatic rings. The van der Waals surface area contributed by atoms with Crippen molar-refractivity contribution in [3.63, 3.8) is 0 Å². The summed E-state index contributed by atoms with van der Waals surface area (Å²) in [5.41, 5.74) is 5.41. The number of ether oxygens (including phenoxy) is 1. The lowest BCUT2D eigenvalue weighted by atomic mass is 10.1. The van der Waals surface area contributed by atoms with Gasteiger partial charge in [0.15, 0.2) is 0 Å². The fraction of sp³-hybridized carbons (Fsp3) is 0.188. The number of nitrogens with two attached hydrogens (primary N) is 1. The monoisotopic (exact) mass is 325 g/mol. The third kappa shape index (κ3) is 4.72. The summed E-state index contributed by atoms with van der Waals surface area (Å²) >= 11 is 0. The molecule has 0 radical (unpaired) electrons. The first kappa shape index (κ1) is 16.8. The molecule has 0 aliphatic heterocycles. The lowest BCUT2D eigenvalue weighted by Crippen LogP contribution is -2.32. The molecule has 0 aliphatic carbocycles. The molecule has 2 rings (SSSR count). The Bertz CT molecular complexity index is 666. The van der Waals surface area contributed by atoms with Crippen molar-refractivity contribution in [1.29, 1.82) is 0 Å². The van der Waals surface area contributed by atoms with E-state index in [-0.39, 0.29) is 12.2 Å². The van der Waals surface area contributed by atoms with Gasteiger partial charge in [0.1, 0.15) is 17.5 Å². The molecule has 2 aromatic carbocycles. The van der Waals surface area contributed by atoms with Gasteiger partial charge in [0.2, 0.25) is 0 Å². The minimum Gasteiger partial charge on any atom is -0.480 e. The molecule has 0 saturated carbocycles. The number of carbonyl (C=O) groups is 1. The maximum atomic E-state index is 12.5. The third-order valence-corrected chi connectivity index (χ3v) is 3.11. The van der Waals surface area contributed by atoms with Gasteiger partial charge in [0, 0.05) is 0 Å². The molecule has 0 aromatic heterocycles. The van der Waals surface area contributed by atoms with Crippen LogP contribution in [-0.2, 0) is 17.4 Å². The lowest BCUT2D eigenvalue weighted by Gasteiger charge is -2.10. The van der Waals surface area contributed by atoms with Gasteiger partial charge in [0.05, 0.1) is 5.56 Å². The summed E-state index contributed by atoms with van der Waals surface area (Å²) in [4.78, 5) is 10.7. The van der Waals surface area contributed by atoms with Crippen LogP contribution >= 0.6 is 0 Å². The van der Waals surface area contributed by atoms with Crippen LogP contribution in [0.1, 0.15) is 11.1 Å². The van der Waals surface area contributed by atoms with E-state index in [2.05, 4.69) is 0 Å². The van der Waals surface area contributed by atoms with Crippen LogP contribution < -0.4 is 10.5 Å². The second-order valence-corrected chi connectivity index (χ2v) is 4.92. The van der Waals surface area contributed by atoms with Crippen molar-refractivity contribution in [3.05, 3.63) is 59.7 Å². The summed E-state index contributed by atoms with van der Waals surface area (Å²) in [6.45, 7) is 0. The van der Waals surface area contributed by atoms with Gasteiger partial charge in [0.25, 0.3) is 0 Å². The van der Waals surface area contributed by atoms with Crippen LogP contribution in [0.25, 0.3) is 0 Å². The second kappa shape index (κ2) is 6.70. The maximum absolute atomic E-state index is 12.5. The Morgan fingerprint density at radius 2 is 1.52 bits per heavy atom. The summed E-state index contributed by atoms with van der Waals surface area (Å²) < 4.78 is 42.8. The van der Waals surface area contributed by atoms with Gasteiger partial charge >= 0.3 is 12.1 Å². The molecule has 0 saturated heterocycles. The first-order chi connectivity index (χ1) is 10.8. The van der Waals surface area contributed by atoms with E-state index in [1.165, 1.54) is 12.1 Å². The maximum Gasteiger partial charge on any atom is 0.416 e. The van der Waals surface area contributed by atoms with Crippen LogP contribution in [0.15, 0.2) is 48.5 Å². The van der Waals surface area contributed by atoms with Crippen LogP contribution in [0.3, 0.4) is 0 Å². The van der Waals surface area contributed by atoms with Crippen LogP contribution in [0.5, 0.6) is 11.5 Å². The van der Waals surface area contributed by atoms with E-state index in [9.17, 15) is 18.0 Å². The number of rotatable bonds is 5. The summed E-state index contributed by atoms with van der Waals surface area (Å²) in [7, 11) is 0. The van der Waals surface area contributed by atoms with E-state index in [1.807, 2.05) is 0 Å². The molecule has 4 nitrogen and oxygen atoms in total.